The number of rotatable bonds is 5. The van der Waals surface area contributed by atoms with E-state index >= 15 is 0 Å². The Morgan fingerprint density at radius 3 is 2.78 bits per heavy atom. The first-order valence-electron chi connectivity index (χ1n) is 7.94. The quantitative estimate of drug-likeness (QED) is 0.358. The Balaban J connectivity index is 1.56. The molecule has 8 heteroatoms. The molecule has 1 heterocycles. The number of pyridine rings is 1. The minimum absolute atomic E-state index is 0.202. The average Bonchev–Trinajstić information content (AvgIpc) is 2.66. The van der Waals surface area contributed by atoms with Crippen LogP contribution in [0.5, 0.6) is 0 Å². The first-order valence-corrected chi connectivity index (χ1v) is 9.11. The second-order valence-electron chi connectivity index (χ2n) is 5.55. The Morgan fingerprint density at radius 2 is 1.96 bits per heavy atom. The van der Waals surface area contributed by atoms with Crippen molar-refractivity contribution >= 4 is 56.5 Å². The highest BCUT2D eigenvalue weighted by atomic mass is 79.9. The Labute approximate surface area is 168 Å². The fourth-order valence-corrected chi connectivity index (χ4v) is 2.90. The molecule has 0 unspecified atom stereocenters. The van der Waals surface area contributed by atoms with E-state index in [1.165, 1.54) is 6.21 Å². The number of halogens is 2. The zero-order valence-corrected chi connectivity index (χ0v) is 16.3. The third-order valence-electron chi connectivity index (χ3n) is 3.59. The number of hydrazone groups is 1. The van der Waals surface area contributed by atoms with Gasteiger partial charge in [-0.25, -0.2) is 10.4 Å². The van der Waals surface area contributed by atoms with Gasteiger partial charge in [-0.15, -0.1) is 0 Å². The molecular formula is C19H14BrClN4O2. The van der Waals surface area contributed by atoms with Crippen molar-refractivity contribution in [3.05, 3.63) is 75.4 Å². The van der Waals surface area contributed by atoms with Crippen LogP contribution in [0.25, 0.3) is 10.9 Å². The number of carbonyl (C=O) groups is 2. The van der Waals surface area contributed by atoms with Crippen LogP contribution in [-0.2, 0) is 4.79 Å². The van der Waals surface area contributed by atoms with E-state index in [9.17, 15) is 9.59 Å². The molecule has 0 radical (unpaired) electrons. The lowest BCUT2D eigenvalue weighted by molar-refractivity contribution is -0.120. The fraction of sp³-hybridized carbons (Fsp3) is 0.0526. The lowest BCUT2D eigenvalue weighted by atomic mass is 10.2. The molecule has 2 N–H and O–H groups in total. The molecule has 0 bridgehead atoms. The molecule has 3 aromatic rings. The monoisotopic (exact) mass is 444 g/mol. The molecule has 0 aliphatic carbocycles. The molecule has 0 saturated heterocycles. The predicted octanol–water partition coefficient (Wildman–Crippen LogP) is 3.53. The Bertz CT molecular complexity index is 1040. The maximum atomic E-state index is 12.0. The van der Waals surface area contributed by atoms with Crippen molar-refractivity contribution in [2.45, 2.75) is 0 Å². The van der Waals surface area contributed by atoms with Crippen molar-refractivity contribution in [2.24, 2.45) is 5.10 Å². The molecule has 2 amide bonds. The van der Waals surface area contributed by atoms with Crippen LogP contribution in [0.3, 0.4) is 0 Å². The molecule has 136 valence electrons. The van der Waals surface area contributed by atoms with Crippen LogP contribution in [-0.4, -0.2) is 29.6 Å². The minimum atomic E-state index is -0.459. The zero-order valence-electron chi connectivity index (χ0n) is 13.9. The second kappa shape index (κ2) is 8.75. The normalized spacial score (nSPS) is 10.9. The largest absolute Gasteiger partial charge is 0.343 e. The summed E-state index contributed by atoms with van der Waals surface area (Å²) in [4.78, 5) is 28.1. The van der Waals surface area contributed by atoms with Crippen LogP contribution in [0, 0.1) is 0 Å². The smallest absolute Gasteiger partial charge is 0.259 e. The van der Waals surface area contributed by atoms with E-state index in [1.54, 1.807) is 18.2 Å². The number of fused-ring (bicyclic) bond motifs is 1. The molecule has 2 aromatic carbocycles. The van der Waals surface area contributed by atoms with Crippen molar-refractivity contribution in [1.29, 1.82) is 0 Å². The molecular weight excluding hydrogens is 432 g/mol. The Morgan fingerprint density at radius 1 is 1.15 bits per heavy atom. The summed E-state index contributed by atoms with van der Waals surface area (Å²) in [7, 11) is 0. The number of nitrogens with one attached hydrogen (secondary N) is 2. The first-order chi connectivity index (χ1) is 13.0. The van der Waals surface area contributed by atoms with Crippen LogP contribution >= 0.6 is 27.5 Å². The summed E-state index contributed by atoms with van der Waals surface area (Å²) >= 11 is 9.42. The molecule has 0 atom stereocenters. The van der Waals surface area contributed by atoms with E-state index in [0.717, 1.165) is 15.4 Å². The number of hydrogen-bond acceptors (Lipinski definition) is 4. The molecule has 0 saturated carbocycles. The van der Waals surface area contributed by atoms with Gasteiger partial charge in [-0.1, -0.05) is 51.8 Å². The Hall–Kier alpha value is -2.77. The topological polar surface area (TPSA) is 83.5 Å². The molecule has 0 aliphatic rings. The molecule has 27 heavy (non-hydrogen) atoms. The van der Waals surface area contributed by atoms with E-state index in [2.05, 4.69) is 36.8 Å². The molecule has 0 spiro atoms. The maximum absolute atomic E-state index is 12.0. The maximum Gasteiger partial charge on any atom is 0.259 e. The highest BCUT2D eigenvalue weighted by Gasteiger charge is 2.08. The van der Waals surface area contributed by atoms with Gasteiger partial charge in [-0.3, -0.25) is 9.59 Å². The number of nitrogens with zero attached hydrogens (tertiary/aromatic N) is 2. The number of amides is 2. The summed E-state index contributed by atoms with van der Waals surface area (Å²) in [5, 5.41) is 7.59. The summed E-state index contributed by atoms with van der Waals surface area (Å²) in [6, 6.07) is 16.2. The SMILES string of the molecule is O=C(CNC(=O)c1cccc(Br)c1)N/N=C\c1cc2ccccc2nc1Cl. The minimum Gasteiger partial charge on any atom is -0.343 e. The number of benzene rings is 2. The summed E-state index contributed by atoms with van der Waals surface area (Å²) in [5.41, 5.74) is 4.15. The average molecular weight is 446 g/mol. The van der Waals surface area contributed by atoms with Crippen LogP contribution < -0.4 is 10.7 Å². The molecule has 0 aliphatic heterocycles. The van der Waals surface area contributed by atoms with Gasteiger partial charge in [0.2, 0.25) is 0 Å². The van der Waals surface area contributed by atoms with Gasteiger partial charge in [-0.05, 0) is 30.3 Å². The van der Waals surface area contributed by atoms with Gasteiger partial charge >= 0.3 is 0 Å². The first kappa shape index (κ1) is 19.0. The van der Waals surface area contributed by atoms with Crippen molar-refractivity contribution in [3.8, 4) is 0 Å². The summed E-state index contributed by atoms with van der Waals surface area (Å²) < 4.78 is 0.782. The summed E-state index contributed by atoms with van der Waals surface area (Å²) in [6.45, 7) is -0.202. The van der Waals surface area contributed by atoms with Crippen molar-refractivity contribution in [3.63, 3.8) is 0 Å². The molecule has 1 aromatic heterocycles. The fourth-order valence-electron chi connectivity index (χ4n) is 2.30. The third kappa shape index (κ3) is 5.12. The van der Waals surface area contributed by atoms with E-state index < -0.39 is 5.91 Å². The second-order valence-corrected chi connectivity index (χ2v) is 6.82. The lowest BCUT2D eigenvalue weighted by Gasteiger charge is -2.05. The third-order valence-corrected chi connectivity index (χ3v) is 4.39. The highest BCUT2D eigenvalue weighted by molar-refractivity contribution is 9.10. The van der Waals surface area contributed by atoms with Crippen molar-refractivity contribution in [2.75, 3.05) is 6.54 Å². The van der Waals surface area contributed by atoms with Crippen LogP contribution in [0.4, 0.5) is 0 Å². The zero-order chi connectivity index (χ0) is 19.2. The van der Waals surface area contributed by atoms with Gasteiger partial charge in [0.05, 0.1) is 18.3 Å². The standard InChI is InChI=1S/C19H14BrClN4O2/c20-15-6-3-5-13(9-15)19(27)22-11-17(26)25-23-10-14-8-12-4-1-2-7-16(12)24-18(14)21/h1-10H,11H2,(H,22,27)(H,25,26)/b23-10-. The van der Waals surface area contributed by atoms with E-state index in [0.29, 0.717) is 11.1 Å². The predicted molar refractivity (Wildman–Crippen MR) is 109 cm³/mol. The van der Waals surface area contributed by atoms with Gasteiger partial charge in [0, 0.05) is 21.0 Å². The number of hydrogen-bond donors (Lipinski definition) is 2. The van der Waals surface area contributed by atoms with Gasteiger partial charge in [-0.2, -0.15) is 5.10 Å². The van der Waals surface area contributed by atoms with Gasteiger partial charge in [0.15, 0.2) is 0 Å². The van der Waals surface area contributed by atoms with Crippen molar-refractivity contribution in [1.82, 2.24) is 15.7 Å². The lowest BCUT2D eigenvalue weighted by Crippen LogP contribution is -2.34. The van der Waals surface area contributed by atoms with E-state index in [-0.39, 0.29) is 17.6 Å². The number of carbonyl (C=O) groups excluding carboxylic acids is 2. The van der Waals surface area contributed by atoms with Gasteiger partial charge in [0.1, 0.15) is 5.15 Å². The van der Waals surface area contributed by atoms with Crippen LogP contribution in [0.1, 0.15) is 15.9 Å². The summed E-state index contributed by atoms with van der Waals surface area (Å²) in [6.07, 6.45) is 1.41. The summed E-state index contributed by atoms with van der Waals surface area (Å²) in [5.74, 6) is -0.809. The van der Waals surface area contributed by atoms with E-state index in [1.807, 2.05) is 36.4 Å². The van der Waals surface area contributed by atoms with E-state index in [4.69, 9.17) is 11.6 Å². The molecule has 6 nitrogen and oxygen atoms in total. The number of aromatic nitrogens is 1. The van der Waals surface area contributed by atoms with Crippen LogP contribution in [0.15, 0.2) is 64.2 Å². The van der Waals surface area contributed by atoms with Crippen molar-refractivity contribution < 1.29 is 9.59 Å². The van der Waals surface area contributed by atoms with Crippen LogP contribution in [0.2, 0.25) is 5.15 Å². The highest BCUT2D eigenvalue weighted by Crippen LogP contribution is 2.18. The number of para-hydroxylation sites is 1. The Kier molecular flexibility index (Phi) is 6.16. The van der Waals surface area contributed by atoms with Gasteiger partial charge in [0.25, 0.3) is 11.8 Å². The van der Waals surface area contributed by atoms with Gasteiger partial charge < -0.3 is 5.32 Å². The molecule has 0 fully saturated rings. The molecule has 3 rings (SSSR count).